The summed E-state index contributed by atoms with van der Waals surface area (Å²) in [5, 5.41) is 8.96. The molecule has 0 aromatic heterocycles. The Morgan fingerprint density at radius 2 is 2.29 bits per heavy atom. The Kier molecular flexibility index (Phi) is 2.73. The average molecular weight is 191 g/mol. The summed E-state index contributed by atoms with van der Waals surface area (Å²) in [5.41, 5.74) is 4.14. The van der Waals surface area contributed by atoms with Gasteiger partial charge >= 0.3 is 0 Å². The summed E-state index contributed by atoms with van der Waals surface area (Å²) in [6, 6.07) is 6.42. The molecule has 0 bridgehead atoms. The zero-order valence-corrected chi connectivity index (χ0v) is 8.66. The van der Waals surface area contributed by atoms with E-state index in [4.69, 9.17) is 5.11 Å². The Bertz CT molecular complexity index is 322. The van der Waals surface area contributed by atoms with Crippen molar-refractivity contribution in [3.8, 4) is 0 Å². The van der Waals surface area contributed by atoms with Crippen molar-refractivity contribution < 1.29 is 5.11 Å². The Morgan fingerprint density at radius 1 is 1.43 bits per heavy atom. The van der Waals surface area contributed by atoms with Gasteiger partial charge in [0.25, 0.3) is 0 Å². The topological polar surface area (TPSA) is 23.5 Å². The first-order valence-electron chi connectivity index (χ1n) is 5.33. The van der Waals surface area contributed by atoms with Crippen LogP contribution < -0.4 is 4.90 Å². The van der Waals surface area contributed by atoms with Crippen LogP contribution in [0.5, 0.6) is 0 Å². The first-order chi connectivity index (χ1) is 6.86. The summed E-state index contributed by atoms with van der Waals surface area (Å²) in [6.45, 7) is 4.65. The van der Waals surface area contributed by atoms with Gasteiger partial charge < -0.3 is 10.0 Å². The molecule has 0 unspecified atom stereocenters. The van der Waals surface area contributed by atoms with Gasteiger partial charge in [-0.05, 0) is 37.0 Å². The molecule has 0 saturated carbocycles. The van der Waals surface area contributed by atoms with Gasteiger partial charge in [0.2, 0.25) is 0 Å². The lowest BCUT2D eigenvalue weighted by molar-refractivity contribution is 0.299. The standard InChI is InChI=1S/C12H17NO/c1-2-13-8-6-11-10(7-9-14)4-3-5-12(11)13/h3-5,14H,2,6-9H2,1H3. The van der Waals surface area contributed by atoms with Crippen LogP contribution in [0.2, 0.25) is 0 Å². The Balaban J connectivity index is 2.34. The van der Waals surface area contributed by atoms with E-state index in [0.717, 1.165) is 25.9 Å². The molecular formula is C12H17NO. The van der Waals surface area contributed by atoms with Crippen molar-refractivity contribution in [2.24, 2.45) is 0 Å². The van der Waals surface area contributed by atoms with Crippen molar-refractivity contribution in [3.05, 3.63) is 29.3 Å². The highest BCUT2D eigenvalue weighted by molar-refractivity contribution is 5.60. The van der Waals surface area contributed by atoms with E-state index < -0.39 is 0 Å². The van der Waals surface area contributed by atoms with Crippen LogP contribution >= 0.6 is 0 Å². The lowest BCUT2D eigenvalue weighted by Gasteiger charge is -2.16. The van der Waals surface area contributed by atoms with E-state index in [1.165, 1.54) is 16.8 Å². The van der Waals surface area contributed by atoms with Crippen molar-refractivity contribution >= 4 is 5.69 Å². The van der Waals surface area contributed by atoms with E-state index in [-0.39, 0.29) is 6.61 Å². The second-order valence-electron chi connectivity index (χ2n) is 3.72. The third-order valence-corrected chi connectivity index (χ3v) is 2.98. The maximum Gasteiger partial charge on any atom is 0.0471 e. The van der Waals surface area contributed by atoms with E-state index in [1.807, 2.05) is 0 Å². The van der Waals surface area contributed by atoms with Gasteiger partial charge in [0.1, 0.15) is 0 Å². The van der Waals surface area contributed by atoms with E-state index in [2.05, 4.69) is 30.0 Å². The molecule has 2 rings (SSSR count). The number of hydrogen-bond donors (Lipinski definition) is 1. The minimum Gasteiger partial charge on any atom is -0.396 e. The molecule has 2 heteroatoms. The fraction of sp³-hybridized carbons (Fsp3) is 0.500. The van der Waals surface area contributed by atoms with Crippen molar-refractivity contribution in [2.75, 3.05) is 24.6 Å². The number of nitrogens with zero attached hydrogens (tertiary/aromatic N) is 1. The summed E-state index contributed by atoms with van der Waals surface area (Å²) in [5.74, 6) is 0. The molecule has 1 N–H and O–H groups in total. The number of benzene rings is 1. The van der Waals surface area contributed by atoms with Gasteiger partial charge in [-0.3, -0.25) is 0 Å². The molecule has 2 nitrogen and oxygen atoms in total. The number of fused-ring (bicyclic) bond motifs is 1. The fourth-order valence-corrected chi connectivity index (χ4v) is 2.26. The van der Waals surface area contributed by atoms with E-state index in [1.54, 1.807) is 0 Å². The lowest BCUT2D eigenvalue weighted by atomic mass is 10.0. The van der Waals surface area contributed by atoms with Gasteiger partial charge in [-0.1, -0.05) is 12.1 Å². The number of rotatable bonds is 3. The minimum absolute atomic E-state index is 0.253. The van der Waals surface area contributed by atoms with Gasteiger partial charge in [0.05, 0.1) is 0 Å². The molecule has 1 aromatic rings. The second-order valence-corrected chi connectivity index (χ2v) is 3.72. The molecule has 0 amide bonds. The average Bonchev–Trinajstić information content (AvgIpc) is 2.62. The van der Waals surface area contributed by atoms with Crippen molar-refractivity contribution in [1.82, 2.24) is 0 Å². The molecule has 0 spiro atoms. The lowest BCUT2D eigenvalue weighted by Crippen LogP contribution is -2.18. The van der Waals surface area contributed by atoms with Crippen LogP contribution in [0.3, 0.4) is 0 Å². The van der Waals surface area contributed by atoms with Gasteiger partial charge in [0.15, 0.2) is 0 Å². The molecule has 1 aliphatic heterocycles. The molecule has 1 heterocycles. The van der Waals surface area contributed by atoms with Crippen LogP contribution in [0.1, 0.15) is 18.1 Å². The molecule has 1 aromatic carbocycles. The third kappa shape index (κ3) is 1.50. The van der Waals surface area contributed by atoms with Crippen LogP contribution in [0.25, 0.3) is 0 Å². The summed E-state index contributed by atoms with van der Waals surface area (Å²) >= 11 is 0. The van der Waals surface area contributed by atoms with E-state index >= 15 is 0 Å². The summed E-state index contributed by atoms with van der Waals surface area (Å²) < 4.78 is 0. The predicted octanol–water partition coefficient (Wildman–Crippen LogP) is 1.60. The fourth-order valence-electron chi connectivity index (χ4n) is 2.26. The van der Waals surface area contributed by atoms with Gasteiger partial charge in [-0.25, -0.2) is 0 Å². The Labute approximate surface area is 85.2 Å². The van der Waals surface area contributed by atoms with Crippen LogP contribution in [-0.2, 0) is 12.8 Å². The highest BCUT2D eigenvalue weighted by atomic mass is 16.2. The normalized spacial score (nSPS) is 14.6. The Hall–Kier alpha value is -1.02. The van der Waals surface area contributed by atoms with Crippen molar-refractivity contribution in [3.63, 3.8) is 0 Å². The Morgan fingerprint density at radius 3 is 3.00 bits per heavy atom. The molecule has 0 fully saturated rings. The predicted molar refractivity (Wildman–Crippen MR) is 58.8 cm³/mol. The molecule has 0 radical (unpaired) electrons. The maximum atomic E-state index is 8.96. The largest absolute Gasteiger partial charge is 0.396 e. The summed E-state index contributed by atoms with van der Waals surface area (Å²) in [7, 11) is 0. The van der Waals surface area contributed by atoms with Gasteiger partial charge in [0, 0.05) is 25.4 Å². The molecule has 14 heavy (non-hydrogen) atoms. The highest BCUT2D eigenvalue weighted by Gasteiger charge is 2.19. The van der Waals surface area contributed by atoms with Crippen LogP contribution in [0.4, 0.5) is 5.69 Å². The van der Waals surface area contributed by atoms with Crippen LogP contribution in [-0.4, -0.2) is 24.8 Å². The number of anilines is 1. The molecular weight excluding hydrogens is 174 g/mol. The van der Waals surface area contributed by atoms with Crippen molar-refractivity contribution in [2.45, 2.75) is 19.8 Å². The molecule has 0 atom stereocenters. The zero-order chi connectivity index (χ0) is 9.97. The van der Waals surface area contributed by atoms with Crippen LogP contribution in [0.15, 0.2) is 18.2 Å². The minimum atomic E-state index is 0.253. The summed E-state index contributed by atoms with van der Waals surface area (Å²) in [4.78, 5) is 2.40. The molecule has 76 valence electrons. The van der Waals surface area contributed by atoms with Gasteiger partial charge in [-0.2, -0.15) is 0 Å². The zero-order valence-electron chi connectivity index (χ0n) is 8.66. The first-order valence-corrected chi connectivity index (χ1v) is 5.33. The highest BCUT2D eigenvalue weighted by Crippen LogP contribution is 2.30. The van der Waals surface area contributed by atoms with Gasteiger partial charge in [-0.15, -0.1) is 0 Å². The number of aliphatic hydroxyl groups excluding tert-OH is 1. The number of likely N-dealkylation sites (N-methyl/N-ethyl adjacent to an activating group) is 1. The van der Waals surface area contributed by atoms with E-state index in [9.17, 15) is 0 Å². The van der Waals surface area contributed by atoms with Crippen LogP contribution in [0, 0.1) is 0 Å². The molecule has 0 saturated heterocycles. The third-order valence-electron chi connectivity index (χ3n) is 2.98. The second kappa shape index (κ2) is 4.01. The molecule has 1 aliphatic rings. The molecule has 0 aliphatic carbocycles. The smallest absolute Gasteiger partial charge is 0.0471 e. The SMILES string of the molecule is CCN1CCc2c(CCO)cccc21. The number of hydrogen-bond acceptors (Lipinski definition) is 2. The maximum absolute atomic E-state index is 8.96. The first kappa shape index (κ1) is 9.53. The monoisotopic (exact) mass is 191 g/mol. The number of aliphatic hydroxyl groups is 1. The van der Waals surface area contributed by atoms with Crippen molar-refractivity contribution in [1.29, 1.82) is 0 Å². The quantitative estimate of drug-likeness (QED) is 0.784. The van der Waals surface area contributed by atoms with E-state index in [0.29, 0.717) is 0 Å². The summed E-state index contributed by atoms with van der Waals surface area (Å²) in [6.07, 6.45) is 1.93.